The van der Waals surface area contributed by atoms with E-state index in [-0.39, 0.29) is 27.7 Å². The second kappa shape index (κ2) is 6.31. The summed E-state index contributed by atoms with van der Waals surface area (Å²) in [5.74, 6) is 0. The fraction of sp³-hybridized carbons (Fsp3) is 0.500. The molecule has 0 aliphatic carbocycles. The Kier molecular flexibility index (Phi) is 4.55. The molecule has 0 radical (unpaired) electrons. The van der Waals surface area contributed by atoms with Gasteiger partial charge in [0.1, 0.15) is 35.8 Å². The Hall–Kier alpha value is -2.01. The van der Waals surface area contributed by atoms with Crippen molar-refractivity contribution in [2.75, 3.05) is 6.61 Å². The van der Waals surface area contributed by atoms with Gasteiger partial charge < -0.3 is 25.0 Å². The van der Waals surface area contributed by atoms with Gasteiger partial charge in [0, 0.05) is 10.9 Å². The summed E-state index contributed by atoms with van der Waals surface area (Å²) in [6.07, 6.45) is -9.82. The Morgan fingerprint density at radius 3 is 2.42 bits per heavy atom. The first-order chi connectivity index (χ1) is 12.1. The number of alkyl halides is 3. The van der Waals surface area contributed by atoms with Gasteiger partial charge in [-0.3, -0.25) is 4.79 Å². The molecule has 10 heteroatoms. The maximum absolute atomic E-state index is 13.1. The van der Waals surface area contributed by atoms with Crippen LogP contribution < -0.4 is 5.56 Å². The summed E-state index contributed by atoms with van der Waals surface area (Å²) in [5, 5.41) is 29.3. The molecule has 0 amide bonds. The number of nitrogens with zero attached hydrogens (tertiary/aromatic N) is 1. The predicted molar refractivity (Wildman–Crippen MR) is 83.6 cm³/mol. The number of aryl methyl sites for hydroxylation is 1. The molecule has 26 heavy (non-hydrogen) atoms. The predicted octanol–water partition coefficient (Wildman–Crippen LogP) is 0.713. The number of H-pyrrole nitrogens is 1. The van der Waals surface area contributed by atoms with Gasteiger partial charge in [-0.2, -0.15) is 13.2 Å². The zero-order chi connectivity index (χ0) is 19.4. The number of pyridine rings is 2. The number of fused-ring (bicyclic) bond motifs is 1. The van der Waals surface area contributed by atoms with E-state index >= 15 is 0 Å². The van der Waals surface area contributed by atoms with Crippen LogP contribution in [0, 0.1) is 13.8 Å². The number of hydrogen-bond donors (Lipinski definition) is 4. The fourth-order valence-corrected chi connectivity index (χ4v) is 3.13. The van der Waals surface area contributed by atoms with Gasteiger partial charge in [0.05, 0.1) is 6.61 Å². The molecular formula is C16H17F3N2O5. The number of aromatic nitrogens is 2. The van der Waals surface area contributed by atoms with E-state index < -0.39 is 48.5 Å². The SMILES string of the molecule is Cc1c(C(F)(F)F)nc2[nH]c(=O)c(C3OC(CO)C(O)C3O)cc2c1C. The fourth-order valence-electron chi connectivity index (χ4n) is 3.13. The van der Waals surface area contributed by atoms with Crippen molar-refractivity contribution in [2.24, 2.45) is 0 Å². The van der Waals surface area contributed by atoms with Crippen LogP contribution in [0.1, 0.15) is 28.5 Å². The minimum atomic E-state index is -4.66. The van der Waals surface area contributed by atoms with Crippen LogP contribution in [-0.2, 0) is 10.9 Å². The van der Waals surface area contributed by atoms with E-state index in [0.717, 1.165) is 0 Å². The molecule has 1 saturated heterocycles. The molecule has 0 bridgehead atoms. The first kappa shape index (κ1) is 18.8. The molecule has 4 atom stereocenters. The van der Waals surface area contributed by atoms with E-state index in [4.69, 9.17) is 9.84 Å². The molecule has 3 rings (SSSR count). The third-order valence-electron chi connectivity index (χ3n) is 4.71. The lowest BCUT2D eigenvalue weighted by atomic mass is 9.99. The molecule has 2 aromatic heterocycles. The van der Waals surface area contributed by atoms with Gasteiger partial charge in [-0.05, 0) is 31.0 Å². The first-order valence-corrected chi connectivity index (χ1v) is 7.80. The number of hydrogen-bond acceptors (Lipinski definition) is 6. The monoisotopic (exact) mass is 374 g/mol. The molecule has 0 spiro atoms. The van der Waals surface area contributed by atoms with Crippen LogP contribution in [-0.4, -0.2) is 50.2 Å². The van der Waals surface area contributed by atoms with Gasteiger partial charge in [-0.1, -0.05) is 0 Å². The van der Waals surface area contributed by atoms with Crippen molar-refractivity contribution in [3.63, 3.8) is 0 Å². The van der Waals surface area contributed by atoms with Crippen molar-refractivity contribution in [1.29, 1.82) is 0 Å². The van der Waals surface area contributed by atoms with E-state index in [0.29, 0.717) is 0 Å². The van der Waals surface area contributed by atoms with Gasteiger partial charge in [-0.15, -0.1) is 0 Å². The summed E-state index contributed by atoms with van der Waals surface area (Å²) in [7, 11) is 0. The molecule has 1 aliphatic rings. The van der Waals surface area contributed by atoms with Crippen LogP contribution in [0.3, 0.4) is 0 Å². The van der Waals surface area contributed by atoms with Crippen molar-refractivity contribution in [3.8, 4) is 0 Å². The Balaban J connectivity index is 2.18. The molecule has 4 N–H and O–H groups in total. The standard InChI is InChI=1S/C16H17F3N2O5/c1-5-6(2)13(16(17,18)19)20-14-7(5)3-8(15(25)21-14)12-11(24)10(23)9(4-22)26-12/h3,9-12,22-24H,4H2,1-2H3,(H,20,21,25). The van der Waals surface area contributed by atoms with Gasteiger partial charge >= 0.3 is 6.18 Å². The van der Waals surface area contributed by atoms with Crippen LogP contribution in [0.15, 0.2) is 10.9 Å². The average Bonchev–Trinajstić information content (AvgIpc) is 2.84. The first-order valence-electron chi connectivity index (χ1n) is 7.80. The zero-order valence-electron chi connectivity index (χ0n) is 13.8. The Morgan fingerprint density at radius 2 is 1.88 bits per heavy atom. The topological polar surface area (TPSA) is 116 Å². The van der Waals surface area contributed by atoms with Gasteiger partial charge in [-0.25, -0.2) is 4.98 Å². The van der Waals surface area contributed by atoms with Gasteiger partial charge in [0.2, 0.25) is 0 Å². The minimum absolute atomic E-state index is 0.0657. The van der Waals surface area contributed by atoms with Crippen molar-refractivity contribution in [2.45, 2.75) is 44.4 Å². The molecule has 7 nitrogen and oxygen atoms in total. The van der Waals surface area contributed by atoms with Crippen LogP contribution in [0.5, 0.6) is 0 Å². The Bertz CT molecular complexity index is 911. The van der Waals surface area contributed by atoms with E-state index in [9.17, 15) is 28.2 Å². The van der Waals surface area contributed by atoms with E-state index in [2.05, 4.69) is 9.97 Å². The highest BCUT2D eigenvalue weighted by molar-refractivity contribution is 5.81. The highest BCUT2D eigenvalue weighted by Gasteiger charge is 2.44. The number of aromatic amines is 1. The van der Waals surface area contributed by atoms with E-state index in [1.54, 1.807) is 0 Å². The highest BCUT2D eigenvalue weighted by Crippen LogP contribution is 2.36. The van der Waals surface area contributed by atoms with Crippen LogP contribution in [0.25, 0.3) is 11.0 Å². The molecule has 2 aromatic rings. The molecule has 0 aromatic carbocycles. The van der Waals surface area contributed by atoms with Crippen molar-refractivity contribution >= 4 is 11.0 Å². The van der Waals surface area contributed by atoms with Gasteiger partial charge in [0.15, 0.2) is 0 Å². The van der Waals surface area contributed by atoms with Crippen LogP contribution in [0.4, 0.5) is 13.2 Å². The Morgan fingerprint density at radius 1 is 1.23 bits per heavy atom. The second-order valence-electron chi connectivity index (χ2n) is 6.28. The molecular weight excluding hydrogens is 357 g/mol. The number of nitrogens with one attached hydrogen (secondary N) is 1. The lowest BCUT2D eigenvalue weighted by Gasteiger charge is -2.17. The van der Waals surface area contributed by atoms with Crippen molar-refractivity contribution in [3.05, 3.63) is 38.8 Å². The number of rotatable bonds is 2. The smallest absolute Gasteiger partial charge is 0.394 e. The quantitative estimate of drug-likeness (QED) is 0.616. The molecule has 1 fully saturated rings. The maximum Gasteiger partial charge on any atom is 0.433 e. The number of aliphatic hydroxyl groups excluding tert-OH is 3. The van der Waals surface area contributed by atoms with Crippen LogP contribution >= 0.6 is 0 Å². The third kappa shape index (κ3) is 2.88. The minimum Gasteiger partial charge on any atom is -0.394 e. The number of halogens is 3. The summed E-state index contributed by atoms with van der Waals surface area (Å²) in [5.41, 5.74) is -1.99. The number of aliphatic hydroxyl groups is 3. The third-order valence-corrected chi connectivity index (χ3v) is 4.71. The maximum atomic E-state index is 13.1. The lowest BCUT2D eigenvalue weighted by molar-refractivity contribution is -0.141. The van der Waals surface area contributed by atoms with Crippen molar-refractivity contribution < 1.29 is 33.2 Å². The summed E-state index contributed by atoms with van der Waals surface area (Å²) >= 11 is 0. The van der Waals surface area contributed by atoms with E-state index in [1.807, 2.05) is 0 Å². The molecule has 3 heterocycles. The molecule has 4 unspecified atom stereocenters. The summed E-state index contributed by atoms with van der Waals surface area (Å²) in [4.78, 5) is 18.1. The Labute approximate surface area is 145 Å². The second-order valence-corrected chi connectivity index (χ2v) is 6.28. The van der Waals surface area contributed by atoms with Crippen LogP contribution in [0.2, 0.25) is 0 Å². The van der Waals surface area contributed by atoms with Gasteiger partial charge in [0.25, 0.3) is 5.56 Å². The summed E-state index contributed by atoms with van der Waals surface area (Å²) in [6, 6.07) is 1.30. The zero-order valence-corrected chi connectivity index (χ0v) is 13.8. The number of ether oxygens (including phenoxy) is 1. The van der Waals surface area contributed by atoms with Crippen molar-refractivity contribution in [1.82, 2.24) is 9.97 Å². The highest BCUT2D eigenvalue weighted by atomic mass is 19.4. The normalized spacial score (nSPS) is 26.6. The van der Waals surface area contributed by atoms with E-state index in [1.165, 1.54) is 19.9 Å². The largest absolute Gasteiger partial charge is 0.433 e. The summed E-state index contributed by atoms with van der Waals surface area (Å²) < 4.78 is 44.6. The molecule has 0 saturated carbocycles. The molecule has 142 valence electrons. The lowest BCUT2D eigenvalue weighted by Crippen LogP contribution is -2.33. The average molecular weight is 374 g/mol. The summed E-state index contributed by atoms with van der Waals surface area (Å²) in [6.45, 7) is 2.19. The molecule has 1 aliphatic heterocycles.